The van der Waals surface area contributed by atoms with Crippen LogP contribution in [-0.2, 0) is 9.53 Å². The Balaban J connectivity index is 1.65. The number of guanidine groups is 1. The number of carbonyl (C=O) groups excluding carboxylic acids is 1. The predicted molar refractivity (Wildman–Crippen MR) is 92.6 cm³/mol. The number of ether oxygens (including phenoxy) is 1. The van der Waals surface area contributed by atoms with Crippen LogP contribution in [-0.4, -0.2) is 62.2 Å². The number of aliphatic imine (C=N–C) groups is 1. The van der Waals surface area contributed by atoms with Gasteiger partial charge in [0.1, 0.15) is 0 Å². The van der Waals surface area contributed by atoms with Crippen molar-refractivity contribution in [3.63, 3.8) is 0 Å². The average molecular weight is 324 g/mol. The second-order valence-electron chi connectivity index (χ2n) is 6.46. The summed E-state index contributed by atoms with van der Waals surface area (Å²) in [7, 11) is 0. The molecule has 0 bridgehead atoms. The lowest BCUT2D eigenvalue weighted by atomic mass is 10.3. The van der Waals surface area contributed by atoms with E-state index in [9.17, 15) is 4.79 Å². The molecule has 0 spiro atoms. The fourth-order valence-corrected chi connectivity index (χ4v) is 2.73. The van der Waals surface area contributed by atoms with Crippen molar-refractivity contribution in [1.29, 1.82) is 0 Å². The number of carbonyl (C=O) groups is 1. The molecule has 2 rings (SSSR count). The maximum Gasteiger partial charge on any atom is 0.222 e. The molecule has 2 aliphatic rings. The minimum absolute atomic E-state index is 0.240. The van der Waals surface area contributed by atoms with Crippen molar-refractivity contribution in [1.82, 2.24) is 15.5 Å². The first-order valence-electron chi connectivity index (χ1n) is 9.13. The summed E-state index contributed by atoms with van der Waals surface area (Å²) in [6.45, 7) is 8.93. The first-order chi connectivity index (χ1) is 11.2. The van der Waals surface area contributed by atoms with E-state index in [1.54, 1.807) is 0 Å². The van der Waals surface area contributed by atoms with Crippen LogP contribution in [0, 0.1) is 5.92 Å². The van der Waals surface area contributed by atoms with E-state index in [-0.39, 0.29) is 5.91 Å². The number of likely N-dealkylation sites (tertiary alicyclic amines) is 1. The highest BCUT2D eigenvalue weighted by atomic mass is 16.5. The molecule has 1 atom stereocenters. The van der Waals surface area contributed by atoms with Crippen LogP contribution in [0.2, 0.25) is 0 Å². The third kappa shape index (κ3) is 6.77. The Kier molecular flexibility index (Phi) is 7.65. The van der Waals surface area contributed by atoms with Gasteiger partial charge in [-0.1, -0.05) is 6.92 Å². The van der Waals surface area contributed by atoms with Crippen LogP contribution in [0.25, 0.3) is 0 Å². The topological polar surface area (TPSA) is 66.0 Å². The summed E-state index contributed by atoms with van der Waals surface area (Å²) in [4.78, 5) is 18.3. The van der Waals surface area contributed by atoms with Gasteiger partial charge in [-0.3, -0.25) is 9.79 Å². The number of rotatable bonds is 9. The summed E-state index contributed by atoms with van der Waals surface area (Å²) in [5.74, 6) is 1.92. The van der Waals surface area contributed by atoms with Crippen molar-refractivity contribution < 1.29 is 9.53 Å². The standard InChI is InChI=1S/C17H32N4O2/c1-3-16(22)21-10-8-15(12-21)20-17(18-4-2)19-9-5-11-23-13-14-6-7-14/h14-15H,3-13H2,1-2H3,(H2,18,19,20). The second kappa shape index (κ2) is 9.75. The lowest BCUT2D eigenvalue weighted by Gasteiger charge is -2.18. The molecule has 2 fully saturated rings. The lowest BCUT2D eigenvalue weighted by Crippen LogP contribution is -2.45. The zero-order chi connectivity index (χ0) is 16.5. The third-order valence-corrected chi connectivity index (χ3v) is 4.30. The number of amides is 1. The Morgan fingerprint density at radius 1 is 1.30 bits per heavy atom. The van der Waals surface area contributed by atoms with E-state index < -0.39 is 0 Å². The fourth-order valence-electron chi connectivity index (χ4n) is 2.73. The van der Waals surface area contributed by atoms with Crippen molar-refractivity contribution in [2.45, 2.75) is 52.0 Å². The number of hydrogen-bond acceptors (Lipinski definition) is 3. The Bertz CT molecular complexity index is 396. The van der Waals surface area contributed by atoms with E-state index in [0.29, 0.717) is 12.5 Å². The van der Waals surface area contributed by atoms with Gasteiger partial charge in [0.25, 0.3) is 0 Å². The van der Waals surface area contributed by atoms with Gasteiger partial charge in [0.15, 0.2) is 5.96 Å². The van der Waals surface area contributed by atoms with E-state index in [2.05, 4.69) is 22.5 Å². The Morgan fingerprint density at radius 3 is 2.83 bits per heavy atom. The first-order valence-corrected chi connectivity index (χ1v) is 9.13. The van der Waals surface area contributed by atoms with Gasteiger partial charge in [-0.05, 0) is 38.5 Å². The van der Waals surface area contributed by atoms with Gasteiger partial charge in [0.05, 0.1) is 0 Å². The molecule has 0 aromatic carbocycles. The van der Waals surface area contributed by atoms with Crippen molar-refractivity contribution in [3.8, 4) is 0 Å². The molecule has 6 nitrogen and oxygen atoms in total. The smallest absolute Gasteiger partial charge is 0.222 e. The quantitative estimate of drug-likeness (QED) is 0.382. The first kappa shape index (κ1) is 18.0. The molecule has 1 heterocycles. The highest BCUT2D eigenvalue weighted by Crippen LogP contribution is 2.28. The molecule has 0 aromatic heterocycles. The molecular weight excluding hydrogens is 292 g/mol. The molecular formula is C17H32N4O2. The maximum absolute atomic E-state index is 11.7. The molecule has 1 aliphatic carbocycles. The predicted octanol–water partition coefficient (Wildman–Crippen LogP) is 1.37. The Hall–Kier alpha value is -1.30. The van der Waals surface area contributed by atoms with Gasteiger partial charge >= 0.3 is 0 Å². The monoisotopic (exact) mass is 324 g/mol. The van der Waals surface area contributed by atoms with E-state index in [1.807, 2.05) is 11.8 Å². The molecule has 1 aliphatic heterocycles. The second-order valence-corrected chi connectivity index (χ2v) is 6.46. The fraction of sp³-hybridized carbons (Fsp3) is 0.882. The van der Waals surface area contributed by atoms with Crippen LogP contribution >= 0.6 is 0 Å². The van der Waals surface area contributed by atoms with Crippen molar-refractivity contribution in [2.75, 3.05) is 39.4 Å². The maximum atomic E-state index is 11.7. The van der Waals surface area contributed by atoms with Crippen molar-refractivity contribution in [2.24, 2.45) is 10.9 Å². The normalized spacial score (nSPS) is 21.6. The molecule has 1 saturated carbocycles. The van der Waals surface area contributed by atoms with E-state index in [0.717, 1.165) is 64.1 Å². The van der Waals surface area contributed by atoms with Crippen LogP contribution in [0.3, 0.4) is 0 Å². The minimum Gasteiger partial charge on any atom is -0.381 e. The molecule has 6 heteroatoms. The highest BCUT2D eigenvalue weighted by molar-refractivity contribution is 5.80. The zero-order valence-electron chi connectivity index (χ0n) is 14.6. The molecule has 132 valence electrons. The number of nitrogens with zero attached hydrogens (tertiary/aromatic N) is 2. The van der Waals surface area contributed by atoms with Crippen LogP contribution in [0.15, 0.2) is 4.99 Å². The van der Waals surface area contributed by atoms with Gasteiger partial charge in [-0.15, -0.1) is 0 Å². The summed E-state index contributed by atoms with van der Waals surface area (Å²) >= 11 is 0. The van der Waals surface area contributed by atoms with Crippen LogP contribution in [0.5, 0.6) is 0 Å². The summed E-state index contributed by atoms with van der Waals surface area (Å²) in [5, 5.41) is 6.73. The van der Waals surface area contributed by atoms with Gasteiger partial charge in [0, 0.05) is 51.9 Å². The number of nitrogens with one attached hydrogen (secondary N) is 2. The van der Waals surface area contributed by atoms with E-state index in [1.165, 1.54) is 12.8 Å². The van der Waals surface area contributed by atoms with Gasteiger partial charge < -0.3 is 20.3 Å². The molecule has 1 saturated heterocycles. The zero-order valence-corrected chi connectivity index (χ0v) is 14.6. The summed E-state index contributed by atoms with van der Waals surface area (Å²) in [6, 6.07) is 0.300. The summed E-state index contributed by atoms with van der Waals surface area (Å²) < 4.78 is 5.63. The van der Waals surface area contributed by atoms with Crippen molar-refractivity contribution in [3.05, 3.63) is 0 Å². The van der Waals surface area contributed by atoms with Gasteiger partial charge in [0.2, 0.25) is 5.91 Å². The van der Waals surface area contributed by atoms with Crippen LogP contribution in [0.4, 0.5) is 0 Å². The van der Waals surface area contributed by atoms with E-state index in [4.69, 9.17) is 4.74 Å². The number of hydrogen-bond donors (Lipinski definition) is 2. The SMILES string of the molecule is CCNC(=NCCCOCC1CC1)NC1CCN(C(=O)CC)C1. The third-order valence-electron chi connectivity index (χ3n) is 4.30. The van der Waals surface area contributed by atoms with Gasteiger partial charge in [-0.2, -0.15) is 0 Å². The molecule has 23 heavy (non-hydrogen) atoms. The molecule has 1 amide bonds. The largest absolute Gasteiger partial charge is 0.381 e. The molecule has 0 aromatic rings. The summed E-state index contributed by atoms with van der Waals surface area (Å²) in [6.07, 6.45) is 5.20. The van der Waals surface area contributed by atoms with Crippen molar-refractivity contribution >= 4 is 11.9 Å². The van der Waals surface area contributed by atoms with Crippen LogP contribution in [0.1, 0.15) is 46.0 Å². The minimum atomic E-state index is 0.240. The molecule has 0 radical (unpaired) electrons. The highest BCUT2D eigenvalue weighted by Gasteiger charge is 2.25. The molecule has 2 N–H and O–H groups in total. The van der Waals surface area contributed by atoms with E-state index >= 15 is 0 Å². The Morgan fingerprint density at radius 2 is 2.13 bits per heavy atom. The Labute approximate surface area is 140 Å². The van der Waals surface area contributed by atoms with Crippen LogP contribution < -0.4 is 10.6 Å². The lowest BCUT2D eigenvalue weighted by molar-refractivity contribution is -0.129. The average Bonchev–Trinajstić information content (AvgIpc) is 3.27. The summed E-state index contributed by atoms with van der Waals surface area (Å²) in [5.41, 5.74) is 0. The molecule has 1 unspecified atom stereocenters. The van der Waals surface area contributed by atoms with Gasteiger partial charge in [-0.25, -0.2) is 0 Å².